The minimum Gasteiger partial charge on any atom is -0.426 e. The molecule has 0 saturated heterocycles. The van der Waals surface area contributed by atoms with Gasteiger partial charge < -0.3 is 28.8 Å². The number of carbonyl (C=O) groups excluding carboxylic acids is 1. The summed E-state index contributed by atoms with van der Waals surface area (Å²) in [5, 5.41) is 0. The number of nitrogens with zero attached hydrogens (tertiary/aromatic N) is 3. The Morgan fingerprint density at radius 1 is 1.08 bits per heavy atom. The summed E-state index contributed by atoms with van der Waals surface area (Å²) in [6.07, 6.45) is 0.616. The van der Waals surface area contributed by atoms with E-state index in [1.165, 1.54) is 41.2 Å². The van der Waals surface area contributed by atoms with Gasteiger partial charge in [0.25, 0.3) is 5.56 Å². The highest BCUT2D eigenvalue weighted by atomic mass is 31.2. The first-order valence-electron chi connectivity index (χ1n) is 11.6. The van der Waals surface area contributed by atoms with Crippen LogP contribution in [-0.2, 0) is 36.3 Å². The summed E-state index contributed by atoms with van der Waals surface area (Å²) in [6, 6.07) is 10.4. The molecule has 0 aliphatic rings. The van der Waals surface area contributed by atoms with Gasteiger partial charge in [-0.1, -0.05) is 12.1 Å². The van der Waals surface area contributed by atoms with Crippen molar-refractivity contribution in [2.75, 3.05) is 25.3 Å². The number of nitrogens with two attached hydrogens (primary N) is 1. The van der Waals surface area contributed by atoms with E-state index in [1.54, 1.807) is 6.07 Å². The van der Waals surface area contributed by atoms with Gasteiger partial charge in [0.05, 0.1) is 32.6 Å². The summed E-state index contributed by atoms with van der Waals surface area (Å²) >= 11 is 0. The van der Waals surface area contributed by atoms with Crippen molar-refractivity contribution in [2.45, 2.75) is 19.6 Å². The number of ether oxygens (including phenoxy) is 2. The molecule has 4 rings (SSSR count). The Hall–Kier alpha value is -3.97. The topological polar surface area (TPSA) is 161 Å². The molecule has 2 aromatic carbocycles. The van der Waals surface area contributed by atoms with Gasteiger partial charge in [0.1, 0.15) is 23.7 Å². The highest BCUT2D eigenvalue weighted by molar-refractivity contribution is 7.53. The number of halogens is 2. The van der Waals surface area contributed by atoms with Crippen molar-refractivity contribution >= 4 is 30.7 Å². The van der Waals surface area contributed by atoms with Crippen LogP contribution in [0.5, 0.6) is 5.75 Å². The third-order valence-corrected chi connectivity index (χ3v) is 6.77. The fourth-order valence-corrected chi connectivity index (χ4v) is 4.63. The zero-order chi connectivity index (χ0) is 27.8. The number of imidazole rings is 1. The summed E-state index contributed by atoms with van der Waals surface area (Å²) in [5.41, 5.74) is 5.87. The fraction of sp³-hybridized carbons (Fsp3) is 0.250. The van der Waals surface area contributed by atoms with E-state index in [1.807, 2.05) is 0 Å². The van der Waals surface area contributed by atoms with Crippen LogP contribution in [-0.4, -0.2) is 45.1 Å². The lowest BCUT2D eigenvalue weighted by Gasteiger charge is -2.19. The molecule has 2 aromatic heterocycles. The average Bonchev–Trinajstić information content (AvgIpc) is 3.30. The predicted molar refractivity (Wildman–Crippen MR) is 135 cm³/mol. The molecule has 0 saturated carbocycles. The second kappa shape index (κ2) is 12.7. The molecule has 0 fully saturated rings. The van der Waals surface area contributed by atoms with E-state index in [0.29, 0.717) is 5.56 Å². The average molecular weight is 563 g/mol. The number of rotatable bonds is 13. The van der Waals surface area contributed by atoms with Crippen molar-refractivity contribution in [3.63, 3.8) is 0 Å². The molecule has 1 unspecified atom stereocenters. The first-order chi connectivity index (χ1) is 18.7. The number of anilines is 1. The molecule has 0 aliphatic carbocycles. The molecule has 0 spiro atoms. The molecule has 0 radical (unpaired) electrons. The van der Waals surface area contributed by atoms with Gasteiger partial charge in [-0.3, -0.25) is 19.1 Å². The monoisotopic (exact) mass is 563 g/mol. The Kier molecular flexibility index (Phi) is 9.15. The largest absolute Gasteiger partial charge is 0.426 e. The third-order valence-electron chi connectivity index (χ3n) is 5.18. The van der Waals surface area contributed by atoms with Crippen LogP contribution in [0.2, 0.25) is 0 Å². The van der Waals surface area contributed by atoms with Crippen LogP contribution in [0.4, 0.5) is 14.7 Å². The van der Waals surface area contributed by atoms with Crippen molar-refractivity contribution in [3.8, 4) is 5.75 Å². The maximum Gasteiger partial charge on any atom is 0.356 e. The Morgan fingerprint density at radius 2 is 1.87 bits per heavy atom. The quantitative estimate of drug-likeness (QED) is 0.107. The van der Waals surface area contributed by atoms with Crippen LogP contribution >= 0.6 is 7.60 Å². The number of nitrogen functional groups attached to an aromatic ring is 1. The number of nitrogens with one attached hydrogen (secondary N) is 1. The van der Waals surface area contributed by atoms with Gasteiger partial charge in [-0.2, -0.15) is 4.98 Å². The van der Waals surface area contributed by atoms with E-state index in [-0.39, 0.29) is 55.6 Å². The number of hydrogen-bond donors (Lipinski definition) is 2. The second-order valence-corrected chi connectivity index (χ2v) is 10.1. The Balaban J connectivity index is 1.34. The number of benzene rings is 2. The van der Waals surface area contributed by atoms with Gasteiger partial charge in [0.15, 0.2) is 11.2 Å². The number of fused-ring (bicyclic) bond motifs is 1. The van der Waals surface area contributed by atoms with Crippen LogP contribution in [0, 0.1) is 11.6 Å². The molecule has 12 nitrogen and oxygen atoms in total. The van der Waals surface area contributed by atoms with Crippen molar-refractivity contribution in [2.24, 2.45) is 0 Å². The predicted octanol–water partition coefficient (Wildman–Crippen LogP) is 3.38. The van der Waals surface area contributed by atoms with Gasteiger partial charge in [0, 0.05) is 6.54 Å². The normalized spacial score (nSPS) is 12.9. The van der Waals surface area contributed by atoms with Gasteiger partial charge >= 0.3 is 13.6 Å². The molecule has 3 N–H and O–H groups in total. The lowest BCUT2D eigenvalue weighted by molar-refractivity contribution is -0.134. The summed E-state index contributed by atoms with van der Waals surface area (Å²) in [4.78, 5) is 34.4. The standard InChI is InChI=1S/C24H24F2N5O7P/c25-17-4-6-19(7-5-17)38-20(32)8-10-36-39(34,37-13-16-2-1-3-18(26)12-16)15-35-11-9-31-14-28-21-22(31)29-24(27)30-23(21)33/h1-7,12,14H,8-11,13,15H2,(H3,27,29,30,33). The van der Waals surface area contributed by atoms with Gasteiger partial charge in [-0.25, -0.2) is 13.8 Å². The molecule has 0 bridgehead atoms. The van der Waals surface area contributed by atoms with E-state index in [9.17, 15) is 22.9 Å². The molecule has 39 heavy (non-hydrogen) atoms. The van der Waals surface area contributed by atoms with E-state index >= 15 is 0 Å². The van der Waals surface area contributed by atoms with Crippen LogP contribution < -0.4 is 16.0 Å². The number of hydrogen-bond acceptors (Lipinski definition) is 10. The molecule has 4 aromatic rings. The first kappa shape index (κ1) is 28.0. The molecule has 2 heterocycles. The second-order valence-electron chi connectivity index (χ2n) is 8.12. The number of aromatic nitrogens is 4. The smallest absolute Gasteiger partial charge is 0.356 e. The summed E-state index contributed by atoms with van der Waals surface area (Å²) in [6.45, 7) is -0.387. The number of aromatic amines is 1. The summed E-state index contributed by atoms with van der Waals surface area (Å²) in [5.74, 6) is -1.61. The van der Waals surface area contributed by atoms with Crippen molar-refractivity contribution in [1.82, 2.24) is 19.5 Å². The first-order valence-corrected chi connectivity index (χ1v) is 13.3. The molecule has 1 atom stereocenters. The Bertz CT molecular complexity index is 1540. The highest BCUT2D eigenvalue weighted by Gasteiger charge is 2.26. The zero-order valence-electron chi connectivity index (χ0n) is 20.4. The fourth-order valence-electron chi connectivity index (χ4n) is 3.34. The van der Waals surface area contributed by atoms with E-state index in [0.717, 1.165) is 12.1 Å². The lowest BCUT2D eigenvalue weighted by Crippen LogP contribution is -2.14. The SMILES string of the molecule is Nc1nc2c(ncn2CCOCP(=O)(OCCC(=O)Oc2ccc(F)cc2)OCc2cccc(F)c2)c(=O)[nH]1. The summed E-state index contributed by atoms with van der Waals surface area (Å²) in [7, 11) is -3.93. The van der Waals surface area contributed by atoms with Crippen LogP contribution in [0.3, 0.4) is 0 Å². The van der Waals surface area contributed by atoms with Crippen LogP contribution in [0.1, 0.15) is 12.0 Å². The van der Waals surface area contributed by atoms with Gasteiger partial charge in [-0.15, -0.1) is 0 Å². The van der Waals surface area contributed by atoms with E-state index in [2.05, 4.69) is 15.0 Å². The van der Waals surface area contributed by atoms with Crippen LogP contribution in [0.15, 0.2) is 59.7 Å². The molecular formula is C24H24F2N5O7P. The molecular weight excluding hydrogens is 539 g/mol. The van der Waals surface area contributed by atoms with Crippen molar-refractivity contribution in [1.29, 1.82) is 0 Å². The number of esters is 1. The minimum atomic E-state index is -3.93. The number of carbonyl (C=O) groups is 1. The van der Waals surface area contributed by atoms with Crippen LogP contribution in [0.25, 0.3) is 11.2 Å². The summed E-state index contributed by atoms with van der Waals surface area (Å²) < 4.78 is 62.9. The molecule has 15 heteroatoms. The van der Waals surface area contributed by atoms with Gasteiger partial charge in [0.2, 0.25) is 5.95 Å². The maximum atomic E-state index is 13.5. The van der Waals surface area contributed by atoms with Crippen molar-refractivity contribution < 1.29 is 36.7 Å². The Morgan fingerprint density at radius 3 is 2.64 bits per heavy atom. The van der Waals surface area contributed by atoms with E-state index in [4.69, 9.17) is 24.3 Å². The maximum absolute atomic E-state index is 13.5. The molecule has 206 valence electrons. The molecule has 0 amide bonds. The molecule has 0 aliphatic heterocycles. The third kappa shape index (κ3) is 8.01. The number of H-pyrrole nitrogens is 1. The van der Waals surface area contributed by atoms with Gasteiger partial charge in [-0.05, 0) is 42.0 Å². The lowest BCUT2D eigenvalue weighted by atomic mass is 10.2. The Labute approximate surface area is 220 Å². The van der Waals surface area contributed by atoms with E-state index < -0.39 is 37.1 Å². The minimum absolute atomic E-state index is 0.00310. The zero-order valence-corrected chi connectivity index (χ0v) is 21.3. The van der Waals surface area contributed by atoms with Crippen molar-refractivity contribution in [3.05, 3.63) is 82.4 Å². The highest BCUT2D eigenvalue weighted by Crippen LogP contribution is 2.49.